The molecule has 1 saturated carbocycles. The summed E-state index contributed by atoms with van der Waals surface area (Å²) >= 11 is 3.48. The van der Waals surface area contributed by atoms with Crippen molar-refractivity contribution >= 4 is 27.7 Å². The van der Waals surface area contributed by atoms with E-state index in [0.29, 0.717) is 18.2 Å². The molecule has 32 heavy (non-hydrogen) atoms. The van der Waals surface area contributed by atoms with Crippen LogP contribution in [-0.4, -0.2) is 35.4 Å². The van der Waals surface area contributed by atoms with Crippen molar-refractivity contribution < 1.29 is 14.3 Å². The molecular weight excluding hydrogens is 468 g/mol. The van der Waals surface area contributed by atoms with Crippen molar-refractivity contribution in [1.29, 1.82) is 0 Å². The van der Waals surface area contributed by atoms with Crippen LogP contribution < -0.4 is 10.1 Å². The lowest BCUT2D eigenvalue weighted by Gasteiger charge is -2.29. The third-order valence-corrected chi connectivity index (χ3v) is 6.51. The number of nitrogens with one attached hydrogen (secondary N) is 1. The lowest BCUT2D eigenvalue weighted by Crippen LogP contribution is -2.50. The van der Waals surface area contributed by atoms with E-state index in [1.807, 2.05) is 48.5 Å². The first kappa shape index (κ1) is 24.3. The molecular formula is C26H33BrN2O3. The molecule has 172 valence electrons. The number of rotatable bonds is 9. The Hall–Kier alpha value is -2.34. The number of benzene rings is 2. The second kappa shape index (κ2) is 11.5. The highest BCUT2D eigenvalue weighted by Crippen LogP contribution is 2.21. The summed E-state index contributed by atoms with van der Waals surface area (Å²) in [4.78, 5) is 27.7. The largest absolute Gasteiger partial charge is 0.484 e. The Morgan fingerprint density at radius 1 is 1.09 bits per heavy atom. The molecule has 1 fully saturated rings. The molecule has 2 amide bonds. The molecule has 0 heterocycles. The maximum Gasteiger partial charge on any atom is 0.261 e. The quantitative estimate of drug-likeness (QED) is 0.499. The lowest BCUT2D eigenvalue weighted by atomic mass is 10.0. The molecule has 1 aliphatic rings. The molecule has 2 aromatic carbocycles. The summed E-state index contributed by atoms with van der Waals surface area (Å²) in [5, 5.41) is 3.12. The van der Waals surface area contributed by atoms with Gasteiger partial charge in [0, 0.05) is 17.1 Å². The molecule has 1 atom stereocenters. The number of carbonyl (C=O) groups excluding carboxylic acids is 2. The molecule has 1 N–H and O–H groups in total. The van der Waals surface area contributed by atoms with Crippen LogP contribution >= 0.6 is 15.9 Å². The minimum absolute atomic E-state index is 0.110. The molecule has 6 heteroatoms. The predicted molar refractivity (Wildman–Crippen MR) is 131 cm³/mol. The van der Waals surface area contributed by atoms with E-state index in [9.17, 15) is 9.59 Å². The summed E-state index contributed by atoms with van der Waals surface area (Å²) in [6.45, 7) is 6.29. The van der Waals surface area contributed by atoms with Gasteiger partial charge in [-0.3, -0.25) is 9.59 Å². The zero-order valence-electron chi connectivity index (χ0n) is 19.1. The molecule has 0 spiro atoms. The Labute approximate surface area is 199 Å². The van der Waals surface area contributed by atoms with E-state index in [1.54, 1.807) is 11.8 Å². The fourth-order valence-corrected chi connectivity index (χ4v) is 4.43. The van der Waals surface area contributed by atoms with E-state index in [-0.39, 0.29) is 24.5 Å². The summed E-state index contributed by atoms with van der Waals surface area (Å²) in [5.41, 5.74) is 2.17. The number of halogens is 1. The van der Waals surface area contributed by atoms with Crippen LogP contribution in [0.25, 0.3) is 0 Å². The zero-order valence-corrected chi connectivity index (χ0v) is 20.7. The third-order valence-electron chi connectivity index (χ3n) is 6.02. The van der Waals surface area contributed by atoms with Gasteiger partial charge in [0.1, 0.15) is 11.8 Å². The number of nitrogens with zero attached hydrogens (tertiary/aromatic N) is 1. The third kappa shape index (κ3) is 6.83. The minimum Gasteiger partial charge on any atom is -0.484 e. The van der Waals surface area contributed by atoms with Crippen LogP contribution in [0.2, 0.25) is 0 Å². The van der Waals surface area contributed by atoms with Gasteiger partial charge in [-0.25, -0.2) is 0 Å². The fraction of sp³-hybridized carbons (Fsp3) is 0.462. The van der Waals surface area contributed by atoms with Crippen molar-refractivity contribution in [3.63, 3.8) is 0 Å². The topological polar surface area (TPSA) is 58.6 Å². The van der Waals surface area contributed by atoms with E-state index >= 15 is 0 Å². The highest BCUT2D eigenvalue weighted by atomic mass is 79.9. The van der Waals surface area contributed by atoms with Crippen molar-refractivity contribution in [1.82, 2.24) is 10.2 Å². The first-order valence-electron chi connectivity index (χ1n) is 11.4. The maximum atomic E-state index is 13.2. The van der Waals surface area contributed by atoms with Crippen molar-refractivity contribution in [3.8, 4) is 5.75 Å². The molecule has 0 bridgehead atoms. The average Bonchev–Trinajstić information content (AvgIpc) is 3.28. The van der Waals surface area contributed by atoms with Crippen molar-refractivity contribution in [2.75, 3.05) is 6.61 Å². The Morgan fingerprint density at radius 3 is 2.41 bits per heavy atom. The molecule has 0 aromatic heterocycles. The molecule has 3 rings (SSSR count). The highest BCUT2D eigenvalue weighted by molar-refractivity contribution is 9.10. The fourth-order valence-electron chi connectivity index (χ4n) is 3.98. The minimum atomic E-state index is -0.589. The van der Waals surface area contributed by atoms with Crippen molar-refractivity contribution in [2.24, 2.45) is 0 Å². The lowest BCUT2D eigenvalue weighted by molar-refractivity contribution is -0.142. The van der Waals surface area contributed by atoms with E-state index in [2.05, 4.69) is 35.1 Å². The van der Waals surface area contributed by atoms with E-state index in [1.165, 1.54) is 5.56 Å². The van der Waals surface area contributed by atoms with Crippen LogP contribution in [0.3, 0.4) is 0 Å². The van der Waals surface area contributed by atoms with Gasteiger partial charge in [0.05, 0.1) is 0 Å². The van der Waals surface area contributed by atoms with Crippen LogP contribution in [0.15, 0.2) is 53.0 Å². The first-order valence-corrected chi connectivity index (χ1v) is 12.2. The van der Waals surface area contributed by atoms with Gasteiger partial charge in [0.2, 0.25) is 5.91 Å². The Balaban J connectivity index is 1.69. The number of hydrogen-bond donors (Lipinski definition) is 1. The number of carbonyl (C=O) groups is 2. The monoisotopic (exact) mass is 500 g/mol. The molecule has 0 saturated heterocycles. The van der Waals surface area contributed by atoms with Crippen molar-refractivity contribution in [2.45, 2.75) is 71.0 Å². The first-order chi connectivity index (χ1) is 15.3. The van der Waals surface area contributed by atoms with Gasteiger partial charge in [-0.15, -0.1) is 0 Å². The molecule has 0 unspecified atom stereocenters. The van der Waals surface area contributed by atoms with E-state index in [4.69, 9.17) is 4.74 Å². The predicted octanol–water partition coefficient (Wildman–Crippen LogP) is 5.43. The highest BCUT2D eigenvalue weighted by Gasteiger charge is 2.28. The van der Waals surface area contributed by atoms with Gasteiger partial charge in [0.25, 0.3) is 5.91 Å². The van der Waals surface area contributed by atoms with Gasteiger partial charge in [-0.2, -0.15) is 0 Å². The molecule has 2 aromatic rings. The van der Waals surface area contributed by atoms with Crippen LogP contribution in [0.1, 0.15) is 63.5 Å². The molecule has 5 nitrogen and oxygen atoms in total. The van der Waals surface area contributed by atoms with E-state index < -0.39 is 6.04 Å². The van der Waals surface area contributed by atoms with Crippen LogP contribution in [0.5, 0.6) is 5.75 Å². The van der Waals surface area contributed by atoms with Gasteiger partial charge in [0.15, 0.2) is 6.61 Å². The van der Waals surface area contributed by atoms with Crippen LogP contribution in [0.4, 0.5) is 0 Å². The summed E-state index contributed by atoms with van der Waals surface area (Å²) in [6, 6.07) is 15.2. The normalized spacial score (nSPS) is 14.9. The molecule has 1 aliphatic carbocycles. The Kier molecular flexibility index (Phi) is 8.74. The number of hydrogen-bond acceptors (Lipinski definition) is 3. The van der Waals surface area contributed by atoms with Gasteiger partial charge in [-0.1, -0.05) is 66.9 Å². The maximum absolute atomic E-state index is 13.2. The summed E-state index contributed by atoms with van der Waals surface area (Å²) in [5.74, 6) is 0.757. The SMILES string of the molecule is CC(C)c1ccc(OCC(=O)N(Cc2cccc(Br)c2)[C@H](C)C(=O)NC2CCCC2)cc1. The van der Waals surface area contributed by atoms with Gasteiger partial charge in [-0.05, 0) is 61.1 Å². The standard InChI is InChI=1S/C26H33BrN2O3/c1-18(2)21-11-13-24(14-12-21)32-17-25(30)29(16-20-7-6-8-22(27)15-20)19(3)26(31)28-23-9-4-5-10-23/h6-8,11-15,18-19,23H,4-5,9-10,16-17H2,1-3H3,(H,28,31)/t19-/m1/s1. The second-order valence-corrected chi connectivity index (χ2v) is 9.75. The summed E-state index contributed by atoms with van der Waals surface area (Å²) in [6.07, 6.45) is 4.30. The second-order valence-electron chi connectivity index (χ2n) is 8.83. The summed E-state index contributed by atoms with van der Waals surface area (Å²) < 4.78 is 6.71. The van der Waals surface area contributed by atoms with Crippen molar-refractivity contribution in [3.05, 3.63) is 64.1 Å². The number of amides is 2. The van der Waals surface area contributed by atoms with Gasteiger partial charge >= 0.3 is 0 Å². The molecule has 0 radical (unpaired) electrons. The van der Waals surface area contributed by atoms with E-state index in [0.717, 1.165) is 35.7 Å². The zero-order chi connectivity index (χ0) is 23.1. The summed E-state index contributed by atoms with van der Waals surface area (Å²) in [7, 11) is 0. The number of ether oxygens (including phenoxy) is 1. The molecule has 0 aliphatic heterocycles. The Morgan fingerprint density at radius 2 is 1.78 bits per heavy atom. The van der Waals surface area contributed by atoms with Crippen LogP contribution in [0, 0.1) is 0 Å². The average molecular weight is 501 g/mol. The van der Waals surface area contributed by atoms with Crippen LogP contribution in [-0.2, 0) is 16.1 Å². The Bertz CT molecular complexity index is 908. The van der Waals surface area contributed by atoms with Gasteiger partial charge < -0.3 is 15.0 Å². The smallest absolute Gasteiger partial charge is 0.261 e.